The van der Waals surface area contributed by atoms with Gasteiger partial charge in [-0.3, -0.25) is 4.98 Å². The summed E-state index contributed by atoms with van der Waals surface area (Å²) in [5.41, 5.74) is 5.84. The second-order valence-corrected chi connectivity index (χ2v) is 8.49. The van der Waals surface area contributed by atoms with Gasteiger partial charge in [-0.2, -0.15) is 0 Å². The minimum atomic E-state index is 0.0579. The van der Waals surface area contributed by atoms with Gasteiger partial charge in [-0.15, -0.1) is 0 Å². The molecule has 0 saturated carbocycles. The van der Waals surface area contributed by atoms with Crippen molar-refractivity contribution in [1.29, 1.82) is 0 Å². The first-order valence-corrected chi connectivity index (χ1v) is 9.24. The van der Waals surface area contributed by atoms with Crippen LogP contribution in [0.25, 0.3) is 22.1 Å². The molecule has 4 aromatic heterocycles. The summed E-state index contributed by atoms with van der Waals surface area (Å²) in [6.45, 7) is 9.27. The van der Waals surface area contributed by atoms with Crippen molar-refractivity contribution in [2.75, 3.05) is 0 Å². The lowest BCUT2D eigenvalue weighted by Crippen LogP contribution is -2.24. The van der Waals surface area contributed by atoms with E-state index < -0.39 is 0 Å². The molecule has 0 spiro atoms. The highest BCUT2D eigenvalue weighted by molar-refractivity contribution is 5.80. The lowest BCUT2D eigenvalue weighted by atomic mass is 9.74. The van der Waals surface area contributed by atoms with Crippen molar-refractivity contribution in [1.82, 2.24) is 19.9 Å². The van der Waals surface area contributed by atoms with Gasteiger partial charge in [0.05, 0.1) is 11.0 Å². The summed E-state index contributed by atoms with van der Waals surface area (Å²) in [7, 11) is 0. The first-order valence-electron chi connectivity index (χ1n) is 9.24. The SMILES string of the molecule is CC(C)(CCC(C)(C)c1c[nH]c2ncccc12)c1cc2ncccc2[nH]1. The van der Waals surface area contributed by atoms with Crippen molar-refractivity contribution in [3.8, 4) is 0 Å². The Morgan fingerprint density at radius 1 is 0.923 bits per heavy atom. The third-order valence-electron chi connectivity index (χ3n) is 5.67. The zero-order chi connectivity index (χ0) is 18.4. The first-order chi connectivity index (χ1) is 12.4. The van der Waals surface area contributed by atoms with E-state index in [2.05, 4.69) is 72.0 Å². The summed E-state index contributed by atoms with van der Waals surface area (Å²) < 4.78 is 0. The van der Waals surface area contributed by atoms with Crippen LogP contribution in [0.1, 0.15) is 51.8 Å². The van der Waals surface area contributed by atoms with Gasteiger partial charge >= 0.3 is 0 Å². The minimum Gasteiger partial charge on any atom is -0.357 e. The van der Waals surface area contributed by atoms with Gasteiger partial charge < -0.3 is 9.97 Å². The molecule has 134 valence electrons. The Morgan fingerprint density at radius 2 is 1.65 bits per heavy atom. The molecule has 4 heterocycles. The first kappa shape index (κ1) is 16.8. The summed E-state index contributed by atoms with van der Waals surface area (Å²) in [4.78, 5) is 15.8. The van der Waals surface area contributed by atoms with Gasteiger partial charge in [-0.05, 0) is 54.2 Å². The Hall–Kier alpha value is -2.62. The van der Waals surface area contributed by atoms with E-state index in [4.69, 9.17) is 0 Å². The lowest BCUT2D eigenvalue weighted by molar-refractivity contribution is 0.372. The molecule has 0 aliphatic carbocycles. The summed E-state index contributed by atoms with van der Waals surface area (Å²) in [6, 6.07) is 10.4. The second kappa shape index (κ2) is 5.97. The van der Waals surface area contributed by atoms with Gasteiger partial charge in [0.25, 0.3) is 0 Å². The summed E-state index contributed by atoms with van der Waals surface area (Å²) >= 11 is 0. The Kier molecular flexibility index (Phi) is 3.87. The number of fused-ring (bicyclic) bond motifs is 2. The molecular formula is C22H26N4. The molecule has 4 aromatic rings. The Bertz CT molecular complexity index is 1020. The molecule has 0 aliphatic rings. The number of rotatable bonds is 5. The topological polar surface area (TPSA) is 57.4 Å². The van der Waals surface area contributed by atoms with Gasteiger partial charge in [0.15, 0.2) is 0 Å². The average molecular weight is 346 g/mol. The third-order valence-corrected chi connectivity index (χ3v) is 5.67. The number of aromatic amines is 2. The monoisotopic (exact) mass is 346 g/mol. The summed E-state index contributed by atoms with van der Waals surface area (Å²) in [5.74, 6) is 0. The molecule has 0 aromatic carbocycles. The van der Waals surface area contributed by atoms with Crippen molar-refractivity contribution >= 4 is 22.1 Å². The fourth-order valence-electron chi connectivity index (χ4n) is 3.73. The fraction of sp³-hybridized carbons (Fsp3) is 0.364. The summed E-state index contributed by atoms with van der Waals surface area (Å²) in [5, 5.41) is 1.23. The van der Waals surface area contributed by atoms with E-state index in [1.807, 2.05) is 24.5 Å². The maximum atomic E-state index is 4.46. The molecule has 26 heavy (non-hydrogen) atoms. The van der Waals surface area contributed by atoms with Crippen LogP contribution in [0, 0.1) is 0 Å². The number of aromatic nitrogens is 4. The van der Waals surface area contributed by atoms with E-state index in [0.29, 0.717) is 0 Å². The standard InChI is InChI=1S/C22H26N4/c1-21(2,16-14-25-20-15(16)7-5-12-24-20)9-10-22(3,4)19-13-18-17(26-19)8-6-11-23-18/h5-8,11-14,26H,9-10H2,1-4H3,(H,24,25). The van der Waals surface area contributed by atoms with Gasteiger partial charge in [-0.1, -0.05) is 27.7 Å². The molecule has 4 heteroatoms. The minimum absolute atomic E-state index is 0.0579. The number of nitrogens with one attached hydrogen (secondary N) is 2. The Morgan fingerprint density at radius 3 is 2.46 bits per heavy atom. The Balaban J connectivity index is 1.58. The molecule has 0 unspecified atom stereocenters. The quantitative estimate of drug-likeness (QED) is 0.503. The van der Waals surface area contributed by atoms with E-state index in [1.165, 1.54) is 16.6 Å². The normalized spacial score (nSPS) is 12.9. The van der Waals surface area contributed by atoms with E-state index in [0.717, 1.165) is 29.5 Å². The molecule has 0 atom stereocenters. The van der Waals surface area contributed by atoms with Crippen LogP contribution in [-0.2, 0) is 10.8 Å². The molecule has 4 rings (SSSR count). The molecule has 2 N–H and O–H groups in total. The fourth-order valence-corrected chi connectivity index (χ4v) is 3.73. The number of nitrogens with zero attached hydrogens (tertiary/aromatic N) is 2. The number of hydrogen-bond acceptors (Lipinski definition) is 2. The van der Waals surface area contributed by atoms with E-state index in [-0.39, 0.29) is 10.8 Å². The predicted octanol–water partition coefficient (Wildman–Crippen LogP) is 5.47. The van der Waals surface area contributed by atoms with Crippen LogP contribution in [0.5, 0.6) is 0 Å². The molecule has 4 nitrogen and oxygen atoms in total. The number of H-pyrrole nitrogens is 2. The van der Waals surface area contributed by atoms with Gasteiger partial charge in [0, 0.05) is 35.1 Å². The van der Waals surface area contributed by atoms with Crippen LogP contribution in [0.4, 0.5) is 0 Å². The van der Waals surface area contributed by atoms with Crippen molar-refractivity contribution < 1.29 is 0 Å². The maximum absolute atomic E-state index is 4.46. The zero-order valence-electron chi connectivity index (χ0n) is 15.9. The average Bonchev–Trinajstić information content (AvgIpc) is 3.25. The smallest absolute Gasteiger partial charge is 0.137 e. The van der Waals surface area contributed by atoms with E-state index >= 15 is 0 Å². The van der Waals surface area contributed by atoms with Crippen LogP contribution >= 0.6 is 0 Å². The molecule has 0 saturated heterocycles. The van der Waals surface area contributed by atoms with Gasteiger partial charge in [0.2, 0.25) is 0 Å². The predicted molar refractivity (Wildman–Crippen MR) is 107 cm³/mol. The van der Waals surface area contributed by atoms with Crippen LogP contribution < -0.4 is 0 Å². The summed E-state index contributed by atoms with van der Waals surface area (Å²) in [6.07, 6.45) is 7.98. The highest BCUT2D eigenvalue weighted by atomic mass is 14.8. The zero-order valence-corrected chi connectivity index (χ0v) is 15.9. The van der Waals surface area contributed by atoms with E-state index in [9.17, 15) is 0 Å². The van der Waals surface area contributed by atoms with Crippen molar-refractivity contribution in [3.05, 3.63) is 60.2 Å². The molecule has 0 bridgehead atoms. The highest BCUT2D eigenvalue weighted by Gasteiger charge is 2.30. The van der Waals surface area contributed by atoms with Crippen LogP contribution in [0.3, 0.4) is 0 Å². The van der Waals surface area contributed by atoms with E-state index in [1.54, 1.807) is 0 Å². The second-order valence-electron chi connectivity index (χ2n) is 8.49. The number of pyridine rings is 2. The highest BCUT2D eigenvalue weighted by Crippen LogP contribution is 2.38. The lowest BCUT2D eigenvalue weighted by Gasteiger charge is -2.31. The molecule has 0 amide bonds. The van der Waals surface area contributed by atoms with Crippen LogP contribution in [-0.4, -0.2) is 19.9 Å². The largest absolute Gasteiger partial charge is 0.357 e. The van der Waals surface area contributed by atoms with Crippen molar-refractivity contribution in [2.24, 2.45) is 0 Å². The molecule has 0 fully saturated rings. The van der Waals surface area contributed by atoms with Crippen molar-refractivity contribution in [3.63, 3.8) is 0 Å². The van der Waals surface area contributed by atoms with Gasteiger partial charge in [0.1, 0.15) is 5.65 Å². The van der Waals surface area contributed by atoms with Gasteiger partial charge in [-0.25, -0.2) is 4.98 Å². The molecule has 0 aliphatic heterocycles. The number of hydrogen-bond donors (Lipinski definition) is 2. The van der Waals surface area contributed by atoms with Crippen LogP contribution in [0.2, 0.25) is 0 Å². The Labute approximate surface area is 154 Å². The van der Waals surface area contributed by atoms with Crippen molar-refractivity contribution in [2.45, 2.75) is 51.4 Å². The molecular weight excluding hydrogens is 320 g/mol. The molecule has 0 radical (unpaired) electrons. The van der Waals surface area contributed by atoms with Crippen LogP contribution in [0.15, 0.2) is 48.9 Å². The third kappa shape index (κ3) is 2.90. The maximum Gasteiger partial charge on any atom is 0.137 e.